The Hall–Kier alpha value is -3.10. The molecule has 4 N–H and O–H groups in total. The van der Waals surface area contributed by atoms with Gasteiger partial charge in [-0.05, 0) is 53.9 Å². The molecule has 0 amide bonds. The van der Waals surface area contributed by atoms with Gasteiger partial charge in [0.1, 0.15) is 12.4 Å². The predicted octanol–water partition coefficient (Wildman–Crippen LogP) is 3.11. The lowest BCUT2D eigenvalue weighted by atomic mass is 10.1. The van der Waals surface area contributed by atoms with E-state index in [0.29, 0.717) is 44.0 Å². The molecule has 0 aliphatic carbocycles. The first-order valence-electron chi connectivity index (χ1n) is 11.5. The molecule has 1 aliphatic rings. The van der Waals surface area contributed by atoms with Gasteiger partial charge >= 0.3 is 0 Å². The molecule has 2 unspecified atom stereocenters. The largest absolute Gasteiger partial charge is 0.508 e. The molecule has 180 valence electrons. The van der Waals surface area contributed by atoms with E-state index in [1.165, 1.54) is 6.07 Å². The summed E-state index contributed by atoms with van der Waals surface area (Å²) in [7, 11) is 0. The number of hydrogen-bond acceptors (Lipinski definition) is 7. The second-order valence-electron chi connectivity index (χ2n) is 8.35. The summed E-state index contributed by atoms with van der Waals surface area (Å²) < 4.78 is 17.7. The number of aliphatic hydroxyl groups excluding tert-OH is 2. The van der Waals surface area contributed by atoms with Crippen LogP contribution in [0, 0.1) is 0 Å². The summed E-state index contributed by atoms with van der Waals surface area (Å²) in [4.78, 5) is 0. The van der Waals surface area contributed by atoms with Crippen LogP contribution < -0.4 is 14.8 Å². The smallest absolute Gasteiger partial charge is 0.162 e. The van der Waals surface area contributed by atoms with Gasteiger partial charge in [0.2, 0.25) is 0 Å². The molecule has 34 heavy (non-hydrogen) atoms. The minimum atomic E-state index is -0.734. The van der Waals surface area contributed by atoms with E-state index in [4.69, 9.17) is 14.2 Å². The SMILES string of the molecule is OCc1cc(C(O)CNCCc2ccc3c(c2)OC(COCc2ccccc2)CO3)ccc1O. The zero-order valence-corrected chi connectivity index (χ0v) is 19.0. The third kappa shape index (κ3) is 6.48. The van der Waals surface area contributed by atoms with Crippen molar-refractivity contribution in [1.82, 2.24) is 5.32 Å². The topological polar surface area (TPSA) is 100 Å². The lowest BCUT2D eigenvalue weighted by molar-refractivity contribution is 0.00266. The predicted molar refractivity (Wildman–Crippen MR) is 128 cm³/mol. The van der Waals surface area contributed by atoms with Crippen molar-refractivity contribution >= 4 is 0 Å². The van der Waals surface area contributed by atoms with Crippen LogP contribution in [0.5, 0.6) is 17.2 Å². The maximum atomic E-state index is 10.4. The number of aromatic hydroxyl groups is 1. The summed E-state index contributed by atoms with van der Waals surface area (Å²) in [6, 6.07) is 20.7. The Labute approximate surface area is 199 Å². The van der Waals surface area contributed by atoms with Crippen molar-refractivity contribution in [3.05, 3.63) is 89.0 Å². The molecule has 1 heterocycles. The first-order valence-corrected chi connectivity index (χ1v) is 11.5. The molecule has 1 aliphatic heterocycles. The molecule has 2 atom stereocenters. The van der Waals surface area contributed by atoms with Gasteiger partial charge in [0.15, 0.2) is 17.6 Å². The Morgan fingerprint density at radius 1 is 1.00 bits per heavy atom. The molecule has 0 spiro atoms. The van der Waals surface area contributed by atoms with E-state index in [0.717, 1.165) is 29.0 Å². The Bertz CT molecular complexity index is 1060. The molecule has 3 aromatic carbocycles. The van der Waals surface area contributed by atoms with E-state index in [2.05, 4.69) is 5.32 Å². The average molecular weight is 466 g/mol. The van der Waals surface area contributed by atoms with Gasteiger partial charge in [-0.2, -0.15) is 0 Å². The van der Waals surface area contributed by atoms with E-state index in [1.807, 2.05) is 48.5 Å². The van der Waals surface area contributed by atoms with E-state index in [1.54, 1.807) is 12.1 Å². The average Bonchev–Trinajstić information content (AvgIpc) is 2.87. The number of phenols is 1. The normalized spacial score (nSPS) is 15.8. The second kappa shape index (κ2) is 11.9. The van der Waals surface area contributed by atoms with Gasteiger partial charge in [-0.1, -0.05) is 42.5 Å². The minimum absolute atomic E-state index is 0.0232. The van der Waals surface area contributed by atoms with Crippen LogP contribution in [-0.2, 0) is 24.4 Å². The fraction of sp³-hybridized carbons (Fsp3) is 0.333. The Balaban J connectivity index is 1.22. The maximum absolute atomic E-state index is 10.4. The van der Waals surface area contributed by atoms with Crippen molar-refractivity contribution in [2.75, 3.05) is 26.3 Å². The molecular weight excluding hydrogens is 434 g/mol. The van der Waals surface area contributed by atoms with Crippen LogP contribution >= 0.6 is 0 Å². The second-order valence-corrected chi connectivity index (χ2v) is 8.35. The first kappa shape index (κ1) is 24.0. The van der Waals surface area contributed by atoms with Crippen molar-refractivity contribution in [3.8, 4) is 17.2 Å². The molecule has 0 radical (unpaired) electrons. The highest BCUT2D eigenvalue weighted by atomic mass is 16.6. The number of benzene rings is 3. The number of ether oxygens (including phenoxy) is 3. The zero-order chi connectivity index (χ0) is 23.8. The summed E-state index contributed by atoms with van der Waals surface area (Å²) in [5.74, 6) is 1.48. The number of aliphatic hydroxyl groups is 2. The fourth-order valence-electron chi connectivity index (χ4n) is 3.81. The number of fused-ring (bicyclic) bond motifs is 1. The molecule has 0 saturated carbocycles. The summed E-state index contributed by atoms with van der Waals surface area (Å²) in [6.45, 7) is 2.20. The van der Waals surface area contributed by atoms with Crippen LogP contribution in [0.2, 0.25) is 0 Å². The quantitative estimate of drug-likeness (QED) is 0.323. The van der Waals surface area contributed by atoms with Crippen LogP contribution in [0.25, 0.3) is 0 Å². The molecule has 7 nitrogen and oxygen atoms in total. The molecule has 7 heteroatoms. The van der Waals surface area contributed by atoms with Gasteiger partial charge in [0, 0.05) is 12.1 Å². The maximum Gasteiger partial charge on any atom is 0.162 e. The van der Waals surface area contributed by atoms with Gasteiger partial charge in [-0.3, -0.25) is 0 Å². The monoisotopic (exact) mass is 465 g/mol. The molecule has 4 rings (SSSR count). The summed E-state index contributed by atoms with van der Waals surface area (Å²) in [5.41, 5.74) is 3.27. The van der Waals surface area contributed by atoms with E-state index in [9.17, 15) is 15.3 Å². The third-order valence-electron chi connectivity index (χ3n) is 5.73. The van der Waals surface area contributed by atoms with Crippen LogP contribution in [0.15, 0.2) is 66.7 Å². The molecule has 0 aromatic heterocycles. The van der Waals surface area contributed by atoms with Crippen molar-refractivity contribution in [1.29, 1.82) is 0 Å². The highest BCUT2D eigenvalue weighted by Gasteiger charge is 2.21. The molecule has 0 saturated heterocycles. The van der Waals surface area contributed by atoms with E-state index in [-0.39, 0.29) is 18.5 Å². The Morgan fingerprint density at radius 2 is 1.85 bits per heavy atom. The lowest BCUT2D eigenvalue weighted by Gasteiger charge is -2.27. The Kier molecular flexibility index (Phi) is 8.38. The third-order valence-corrected chi connectivity index (χ3v) is 5.73. The minimum Gasteiger partial charge on any atom is -0.508 e. The number of nitrogens with one attached hydrogen (secondary N) is 1. The van der Waals surface area contributed by atoms with Crippen molar-refractivity contribution in [2.24, 2.45) is 0 Å². The van der Waals surface area contributed by atoms with Crippen molar-refractivity contribution in [2.45, 2.75) is 31.8 Å². The van der Waals surface area contributed by atoms with Crippen LogP contribution in [0.1, 0.15) is 28.4 Å². The fourth-order valence-corrected chi connectivity index (χ4v) is 3.81. The van der Waals surface area contributed by atoms with E-state index >= 15 is 0 Å². The summed E-state index contributed by atoms with van der Waals surface area (Å²) in [5, 5.41) is 32.6. The number of rotatable bonds is 11. The first-order chi connectivity index (χ1) is 16.6. The standard InChI is InChI=1S/C27H31NO6/c29-15-22-13-21(7-8-24(22)30)25(31)14-28-11-10-19-6-9-26-27(12-19)34-23(18-33-26)17-32-16-20-4-2-1-3-5-20/h1-9,12-13,23,25,28-31H,10-11,14-18H2. The Morgan fingerprint density at radius 3 is 2.68 bits per heavy atom. The van der Waals surface area contributed by atoms with Crippen molar-refractivity contribution < 1.29 is 29.5 Å². The molecule has 0 bridgehead atoms. The molecular formula is C27H31NO6. The van der Waals surface area contributed by atoms with Gasteiger partial charge in [-0.25, -0.2) is 0 Å². The highest BCUT2D eigenvalue weighted by Crippen LogP contribution is 2.33. The summed E-state index contributed by atoms with van der Waals surface area (Å²) in [6.07, 6.45) is -0.132. The molecule has 0 fully saturated rings. The van der Waals surface area contributed by atoms with Gasteiger partial charge < -0.3 is 34.8 Å². The zero-order valence-electron chi connectivity index (χ0n) is 19.0. The summed E-state index contributed by atoms with van der Waals surface area (Å²) >= 11 is 0. The van der Waals surface area contributed by atoms with Crippen LogP contribution in [-0.4, -0.2) is 47.7 Å². The van der Waals surface area contributed by atoms with Crippen molar-refractivity contribution in [3.63, 3.8) is 0 Å². The van der Waals surface area contributed by atoms with Gasteiger partial charge in [-0.15, -0.1) is 0 Å². The van der Waals surface area contributed by atoms with Gasteiger partial charge in [0.25, 0.3) is 0 Å². The van der Waals surface area contributed by atoms with E-state index < -0.39 is 6.10 Å². The van der Waals surface area contributed by atoms with Crippen LogP contribution in [0.4, 0.5) is 0 Å². The lowest BCUT2D eigenvalue weighted by Crippen LogP contribution is -2.33. The highest BCUT2D eigenvalue weighted by molar-refractivity contribution is 5.44. The van der Waals surface area contributed by atoms with Gasteiger partial charge in [0.05, 0.1) is 25.9 Å². The van der Waals surface area contributed by atoms with Crippen LogP contribution in [0.3, 0.4) is 0 Å². The molecule has 3 aromatic rings. The number of hydrogen-bond donors (Lipinski definition) is 4.